The largest absolute Gasteiger partial charge is 0.416 e. The van der Waals surface area contributed by atoms with Crippen molar-refractivity contribution in [3.8, 4) is 5.69 Å². The summed E-state index contributed by atoms with van der Waals surface area (Å²) in [6, 6.07) is 22.1. The summed E-state index contributed by atoms with van der Waals surface area (Å²) in [7, 11) is 0. The summed E-state index contributed by atoms with van der Waals surface area (Å²) in [5.74, 6) is 0.0859. The fourth-order valence-corrected chi connectivity index (χ4v) is 4.17. The quantitative estimate of drug-likeness (QED) is 0.303. The van der Waals surface area contributed by atoms with E-state index in [0.29, 0.717) is 17.4 Å². The van der Waals surface area contributed by atoms with E-state index in [9.17, 15) is 18.0 Å². The Morgan fingerprint density at radius 3 is 2.32 bits per heavy atom. The first-order valence-corrected chi connectivity index (χ1v) is 11.5. The Balaban J connectivity index is 1.52. The van der Waals surface area contributed by atoms with Gasteiger partial charge in [0.2, 0.25) is 5.91 Å². The number of nitrogens with zero attached hydrogens (tertiary/aromatic N) is 3. The van der Waals surface area contributed by atoms with Gasteiger partial charge in [-0.2, -0.15) is 13.2 Å². The molecule has 4 rings (SSSR count). The molecule has 34 heavy (non-hydrogen) atoms. The molecule has 0 aliphatic rings. The highest BCUT2D eigenvalue weighted by atomic mass is 35.5. The van der Waals surface area contributed by atoms with Crippen LogP contribution in [0.25, 0.3) is 5.69 Å². The molecule has 1 aromatic heterocycles. The molecular formula is C24H18ClF3N4OS. The molecule has 10 heteroatoms. The summed E-state index contributed by atoms with van der Waals surface area (Å²) in [5.41, 5.74) is 0.897. The van der Waals surface area contributed by atoms with E-state index in [2.05, 4.69) is 15.5 Å². The summed E-state index contributed by atoms with van der Waals surface area (Å²) in [6.45, 7) is 0. The van der Waals surface area contributed by atoms with Crippen LogP contribution in [0.3, 0.4) is 0 Å². The maximum atomic E-state index is 13.0. The summed E-state index contributed by atoms with van der Waals surface area (Å²) >= 11 is 7.11. The SMILES string of the molecule is O=C(CSc1nnc(Cc2ccccc2)n1-c1ccccc1)Nc1cc(C(F)(F)F)ccc1Cl. The van der Waals surface area contributed by atoms with Gasteiger partial charge in [-0.05, 0) is 35.9 Å². The molecule has 0 saturated carbocycles. The van der Waals surface area contributed by atoms with Crippen molar-refractivity contribution < 1.29 is 18.0 Å². The van der Waals surface area contributed by atoms with Crippen LogP contribution in [0.1, 0.15) is 17.0 Å². The highest BCUT2D eigenvalue weighted by Gasteiger charge is 2.31. The van der Waals surface area contributed by atoms with Crippen molar-refractivity contribution in [3.05, 3.63) is 101 Å². The lowest BCUT2D eigenvalue weighted by molar-refractivity contribution is -0.137. The second-order valence-electron chi connectivity index (χ2n) is 7.26. The number of alkyl halides is 3. The first-order chi connectivity index (χ1) is 16.3. The predicted octanol–water partition coefficient (Wildman–Crippen LogP) is 6.26. The van der Waals surface area contributed by atoms with Gasteiger partial charge in [-0.3, -0.25) is 9.36 Å². The lowest BCUT2D eigenvalue weighted by Crippen LogP contribution is -2.16. The molecule has 0 spiro atoms. The number of halogens is 4. The van der Waals surface area contributed by atoms with Gasteiger partial charge in [-0.1, -0.05) is 71.9 Å². The minimum absolute atomic E-state index is 0.0175. The van der Waals surface area contributed by atoms with Crippen LogP contribution in [0.4, 0.5) is 18.9 Å². The summed E-state index contributed by atoms with van der Waals surface area (Å²) in [4.78, 5) is 12.5. The molecule has 0 fully saturated rings. The van der Waals surface area contributed by atoms with Crippen LogP contribution < -0.4 is 5.32 Å². The van der Waals surface area contributed by atoms with E-state index in [4.69, 9.17) is 11.6 Å². The second-order valence-corrected chi connectivity index (χ2v) is 8.61. The van der Waals surface area contributed by atoms with Crippen LogP contribution in [-0.4, -0.2) is 26.4 Å². The monoisotopic (exact) mass is 502 g/mol. The van der Waals surface area contributed by atoms with Crippen LogP contribution >= 0.6 is 23.4 Å². The molecule has 4 aromatic rings. The molecule has 5 nitrogen and oxygen atoms in total. The van der Waals surface area contributed by atoms with Crippen molar-refractivity contribution >= 4 is 35.0 Å². The van der Waals surface area contributed by atoms with Gasteiger partial charge in [0.05, 0.1) is 22.0 Å². The fraction of sp³-hybridized carbons (Fsp3) is 0.125. The summed E-state index contributed by atoms with van der Waals surface area (Å²) < 4.78 is 40.8. The first kappa shape index (κ1) is 23.8. The number of amides is 1. The third-order valence-electron chi connectivity index (χ3n) is 4.82. The smallest absolute Gasteiger partial charge is 0.324 e. The van der Waals surface area contributed by atoms with Gasteiger partial charge in [-0.25, -0.2) is 0 Å². The lowest BCUT2D eigenvalue weighted by Gasteiger charge is -2.12. The Kier molecular flexibility index (Phi) is 7.23. The number of hydrogen-bond donors (Lipinski definition) is 1. The predicted molar refractivity (Wildman–Crippen MR) is 126 cm³/mol. The minimum atomic E-state index is -4.54. The van der Waals surface area contributed by atoms with Gasteiger partial charge < -0.3 is 5.32 Å². The van der Waals surface area contributed by atoms with Crippen molar-refractivity contribution in [2.24, 2.45) is 0 Å². The number of aromatic nitrogens is 3. The zero-order valence-corrected chi connectivity index (χ0v) is 19.2. The van der Waals surface area contributed by atoms with E-state index >= 15 is 0 Å². The van der Waals surface area contributed by atoms with Crippen LogP contribution in [0.2, 0.25) is 5.02 Å². The number of carbonyl (C=O) groups excluding carboxylic acids is 1. The summed E-state index contributed by atoms with van der Waals surface area (Å²) in [5, 5.41) is 11.5. The molecule has 1 N–H and O–H groups in total. The van der Waals surface area contributed by atoms with E-state index in [1.54, 1.807) is 0 Å². The van der Waals surface area contributed by atoms with Crippen molar-refractivity contribution in [2.75, 3.05) is 11.1 Å². The molecule has 1 amide bonds. The first-order valence-electron chi connectivity index (χ1n) is 10.1. The third-order valence-corrected chi connectivity index (χ3v) is 6.08. The molecule has 1 heterocycles. The molecule has 0 atom stereocenters. The molecule has 0 aliphatic carbocycles. The normalized spacial score (nSPS) is 11.4. The van der Waals surface area contributed by atoms with Crippen LogP contribution in [0.5, 0.6) is 0 Å². The van der Waals surface area contributed by atoms with Gasteiger partial charge in [-0.15, -0.1) is 10.2 Å². The Morgan fingerprint density at radius 1 is 0.971 bits per heavy atom. The molecule has 0 aliphatic heterocycles. The second kappa shape index (κ2) is 10.3. The van der Waals surface area contributed by atoms with Gasteiger partial charge in [0, 0.05) is 12.1 Å². The number of rotatable bonds is 7. The van der Waals surface area contributed by atoms with Gasteiger partial charge >= 0.3 is 6.18 Å². The number of nitrogens with one attached hydrogen (secondary N) is 1. The van der Waals surface area contributed by atoms with Crippen molar-refractivity contribution in [1.82, 2.24) is 14.8 Å². The van der Waals surface area contributed by atoms with Crippen molar-refractivity contribution in [3.63, 3.8) is 0 Å². The van der Waals surface area contributed by atoms with Gasteiger partial charge in [0.25, 0.3) is 0 Å². The van der Waals surface area contributed by atoms with Crippen molar-refractivity contribution in [1.29, 1.82) is 0 Å². The highest BCUT2D eigenvalue weighted by Crippen LogP contribution is 2.34. The molecule has 3 aromatic carbocycles. The number of anilines is 1. The average molecular weight is 503 g/mol. The topological polar surface area (TPSA) is 59.8 Å². The van der Waals surface area contributed by atoms with Gasteiger partial charge in [0.1, 0.15) is 5.82 Å². The maximum absolute atomic E-state index is 13.0. The summed E-state index contributed by atoms with van der Waals surface area (Å²) in [6.07, 6.45) is -4.00. The minimum Gasteiger partial charge on any atom is -0.324 e. The maximum Gasteiger partial charge on any atom is 0.416 e. The van der Waals surface area contributed by atoms with Crippen LogP contribution in [0.15, 0.2) is 84.0 Å². The zero-order chi connectivity index (χ0) is 24.1. The molecule has 0 bridgehead atoms. The molecular weight excluding hydrogens is 485 g/mol. The number of para-hydroxylation sites is 1. The molecule has 0 radical (unpaired) electrons. The van der Waals surface area contributed by atoms with E-state index in [1.807, 2.05) is 65.2 Å². The average Bonchev–Trinajstić information content (AvgIpc) is 3.22. The van der Waals surface area contributed by atoms with E-state index in [1.165, 1.54) is 0 Å². The highest BCUT2D eigenvalue weighted by molar-refractivity contribution is 7.99. The van der Waals surface area contributed by atoms with Crippen LogP contribution in [-0.2, 0) is 17.4 Å². The fourth-order valence-electron chi connectivity index (χ4n) is 3.24. The van der Waals surface area contributed by atoms with E-state index < -0.39 is 17.6 Å². The Bertz CT molecular complexity index is 1280. The number of thioether (sulfide) groups is 1. The molecule has 0 unspecified atom stereocenters. The standard InChI is InChI=1S/C24H18ClF3N4OS/c25-19-12-11-17(24(26,27)28)14-20(19)29-22(33)15-34-23-31-30-21(13-16-7-3-1-4-8-16)32(23)18-9-5-2-6-10-18/h1-12,14H,13,15H2,(H,29,33). The van der Waals surface area contributed by atoms with Crippen molar-refractivity contribution in [2.45, 2.75) is 17.8 Å². The van der Waals surface area contributed by atoms with E-state index in [0.717, 1.165) is 41.2 Å². The molecule has 0 saturated heterocycles. The van der Waals surface area contributed by atoms with Gasteiger partial charge in [0.15, 0.2) is 5.16 Å². The van der Waals surface area contributed by atoms with Crippen LogP contribution in [0, 0.1) is 0 Å². The Labute approximate surface area is 203 Å². The van der Waals surface area contributed by atoms with E-state index in [-0.39, 0.29) is 16.5 Å². The number of carbonyl (C=O) groups is 1. The number of benzene rings is 3. The lowest BCUT2D eigenvalue weighted by atomic mass is 10.1. The zero-order valence-electron chi connectivity index (χ0n) is 17.6. The molecule has 174 valence electrons. The Morgan fingerprint density at radius 2 is 1.65 bits per heavy atom. The third kappa shape index (κ3) is 5.78. The number of hydrogen-bond acceptors (Lipinski definition) is 4. The Hall–Kier alpha value is -3.30.